The molecule has 10 nitrogen and oxygen atoms in total. The Bertz CT molecular complexity index is 1270. The summed E-state index contributed by atoms with van der Waals surface area (Å²) in [7, 11) is 4.14. The molecule has 1 aliphatic rings. The number of esters is 2. The lowest BCUT2D eigenvalue weighted by atomic mass is 9.95. The van der Waals surface area contributed by atoms with Gasteiger partial charge in [0.2, 0.25) is 5.91 Å². The van der Waals surface area contributed by atoms with Crippen LogP contribution in [-0.2, 0) is 14.3 Å². The zero-order chi connectivity index (χ0) is 26.4. The van der Waals surface area contributed by atoms with Crippen molar-refractivity contribution >= 4 is 29.4 Å². The molecule has 1 aromatic heterocycles. The van der Waals surface area contributed by atoms with Gasteiger partial charge in [0.1, 0.15) is 5.75 Å². The Morgan fingerprint density at radius 1 is 0.865 bits per heavy atom. The van der Waals surface area contributed by atoms with Gasteiger partial charge in [-0.25, -0.2) is 9.59 Å². The number of aromatic nitrogens is 2. The molecule has 0 atom stereocenters. The van der Waals surface area contributed by atoms with Crippen molar-refractivity contribution in [3.63, 3.8) is 0 Å². The molecule has 0 spiro atoms. The number of ether oxygens (including phenoxy) is 3. The molecule has 192 valence electrons. The number of hydrogen-bond donors (Lipinski definition) is 1. The maximum Gasteiger partial charge on any atom is 0.339 e. The lowest BCUT2D eigenvalue weighted by molar-refractivity contribution is -0.120. The zero-order valence-electron chi connectivity index (χ0n) is 20.9. The van der Waals surface area contributed by atoms with Gasteiger partial charge in [-0.2, -0.15) is 0 Å². The molecule has 0 saturated carbocycles. The average molecular weight is 505 g/mol. The van der Waals surface area contributed by atoms with Gasteiger partial charge in [-0.3, -0.25) is 4.79 Å². The summed E-state index contributed by atoms with van der Waals surface area (Å²) in [6.07, 6.45) is 1.19. The van der Waals surface area contributed by atoms with E-state index in [0.717, 1.165) is 22.8 Å². The number of anilines is 2. The average Bonchev–Trinajstić information content (AvgIpc) is 2.96. The molecular formula is C27H28N4O6. The van der Waals surface area contributed by atoms with Crippen LogP contribution >= 0.6 is 0 Å². The number of carbonyl (C=O) groups is 3. The molecule has 37 heavy (non-hydrogen) atoms. The number of benzene rings is 2. The standard InChI is InChI=1S/C27H28N4O6/c1-35-20-7-4-17(5-8-20)22-10-11-24(30-29-22)31-14-12-18(13-15-31)25(32)28-23-16-19(26(33)36-2)6-9-21(23)27(34)37-3/h4-11,16,18H,12-15H2,1-3H3,(H,28,32). The summed E-state index contributed by atoms with van der Waals surface area (Å²) in [6.45, 7) is 1.25. The van der Waals surface area contributed by atoms with Gasteiger partial charge in [0.25, 0.3) is 0 Å². The van der Waals surface area contributed by atoms with Crippen molar-refractivity contribution in [3.05, 3.63) is 65.7 Å². The van der Waals surface area contributed by atoms with Crippen LogP contribution in [0, 0.1) is 5.92 Å². The molecule has 1 aliphatic heterocycles. The molecule has 3 aromatic rings. The molecule has 0 bridgehead atoms. The number of methoxy groups -OCH3 is 3. The summed E-state index contributed by atoms with van der Waals surface area (Å²) in [4.78, 5) is 39.2. The minimum absolute atomic E-state index is 0.160. The Balaban J connectivity index is 1.39. The molecule has 1 N–H and O–H groups in total. The first-order valence-corrected chi connectivity index (χ1v) is 11.8. The van der Waals surface area contributed by atoms with Gasteiger partial charge in [0.05, 0.1) is 43.8 Å². The first kappa shape index (κ1) is 25.6. The number of nitrogens with zero attached hydrogens (tertiary/aromatic N) is 3. The third-order valence-corrected chi connectivity index (χ3v) is 6.33. The van der Waals surface area contributed by atoms with Gasteiger partial charge in [0, 0.05) is 24.6 Å². The molecule has 10 heteroatoms. The lowest BCUT2D eigenvalue weighted by Crippen LogP contribution is -2.38. The molecule has 1 fully saturated rings. The van der Waals surface area contributed by atoms with E-state index in [1.807, 2.05) is 36.4 Å². The second-order valence-corrected chi connectivity index (χ2v) is 8.50. The first-order valence-electron chi connectivity index (χ1n) is 11.8. The summed E-state index contributed by atoms with van der Waals surface area (Å²) in [5, 5.41) is 11.5. The highest BCUT2D eigenvalue weighted by Crippen LogP contribution is 2.26. The van der Waals surface area contributed by atoms with E-state index in [1.54, 1.807) is 7.11 Å². The Morgan fingerprint density at radius 3 is 2.16 bits per heavy atom. The third kappa shape index (κ3) is 5.85. The monoisotopic (exact) mass is 504 g/mol. The Kier molecular flexibility index (Phi) is 7.97. The second-order valence-electron chi connectivity index (χ2n) is 8.50. The van der Waals surface area contributed by atoms with E-state index >= 15 is 0 Å². The highest BCUT2D eigenvalue weighted by atomic mass is 16.5. The minimum atomic E-state index is -0.613. The van der Waals surface area contributed by atoms with Crippen molar-refractivity contribution in [1.82, 2.24) is 10.2 Å². The summed E-state index contributed by atoms with van der Waals surface area (Å²) in [5.74, 6) is -0.159. The van der Waals surface area contributed by atoms with Crippen LogP contribution in [0.15, 0.2) is 54.6 Å². The molecule has 0 aliphatic carbocycles. The predicted octanol–water partition coefficient (Wildman–Crippen LogP) is 3.58. The summed E-state index contributed by atoms with van der Waals surface area (Å²) < 4.78 is 14.7. The highest BCUT2D eigenvalue weighted by Gasteiger charge is 2.27. The van der Waals surface area contributed by atoms with Gasteiger partial charge in [-0.05, 0) is 67.4 Å². The fraction of sp³-hybridized carbons (Fsp3) is 0.296. The Morgan fingerprint density at radius 2 is 1.57 bits per heavy atom. The summed E-state index contributed by atoms with van der Waals surface area (Å²) in [5.41, 5.74) is 2.29. The van der Waals surface area contributed by atoms with E-state index in [9.17, 15) is 14.4 Å². The van der Waals surface area contributed by atoms with Crippen molar-refractivity contribution in [2.75, 3.05) is 44.6 Å². The van der Waals surface area contributed by atoms with Crippen molar-refractivity contribution in [3.8, 4) is 17.0 Å². The van der Waals surface area contributed by atoms with Crippen molar-refractivity contribution in [1.29, 1.82) is 0 Å². The van der Waals surface area contributed by atoms with E-state index in [2.05, 4.69) is 20.4 Å². The Hall–Kier alpha value is -4.47. The highest BCUT2D eigenvalue weighted by molar-refractivity contribution is 6.04. The van der Waals surface area contributed by atoms with Crippen LogP contribution in [0.25, 0.3) is 11.3 Å². The normalized spacial score (nSPS) is 13.5. The van der Waals surface area contributed by atoms with Crippen LogP contribution in [0.2, 0.25) is 0 Å². The number of piperidine rings is 1. The maximum atomic E-state index is 13.0. The fourth-order valence-electron chi connectivity index (χ4n) is 4.20. The van der Waals surface area contributed by atoms with Crippen LogP contribution in [0.3, 0.4) is 0 Å². The van der Waals surface area contributed by atoms with E-state index in [0.29, 0.717) is 25.9 Å². The fourth-order valence-corrected chi connectivity index (χ4v) is 4.20. The molecule has 0 unspecified atom stereocenters. The predicted molar refractivity (Wildman–Crippen MR) is 137 cm³/mol. The molecule has 2 heterocycles. The summed E-state index contributed by atoms with van der Waals surface area (Å²) in [6, 6.07) is 15.8. The number of nitrogens with one attached hydrogen (secondary N) is 1. The van der Waals surface area contributed by atoms with E-state index in [4.69, 9.17) is 14.2 Å². The van der Waals surface area contributed by atoms with E-state index in [1.165, 1.54) is 32.4 Å². The van der Waals surface area contributed by atoms with Crippen LogP contribution in [0.5, 0.6) is 5.75 Å². The minimum Gasteiger partial charge on any atom is -0.497 e. The van der Waals surface area contributed by atoms with Crippen molar-refractivity contribution < 1.29 is 28.6 Å². The molecule has 1 amide bonds. The molecule has 2 aromatic carbocycles. The van der Waals surface area contributed by atoms with Crippen LogP contribution in [-0.4, -0.2) is 62.5 Å². The quantitative estimate of drug-likeness (QED) is 0.481. The largest absolute Gasteiger partial charge is 0.497 e. The number of rotatable bonds is 7. The van der Waals surface area contributed by atoms with Gasteiger partial charge in [-0.1, -0.05) is 0 Å². The summed E-state index contributed by atoms with van der Waals surface area (Å²) >= 11 is 0. The number of hydrogen-bond acceptors (Lipinski definition) is 9. The van der Waals surface area contributed by atoms with Crippen LogP contribution in [0.1, 0.15) is 33.6 Å². The Labute approximate surface area is 214 Å². The van der Waals surface area contributed by atoms with Crippen molar-refractivity contribution in [2.24, 2.45) is 5.92 Å². The first-order chi connectivity index (χ1) is 17.9. The molecule has 4 rings (SSSR count). The van der Waals surface area contributed by atoms with Gasteiger partial charge in [0.15, 0.2) is 5.82 Å². The lowest BCUT2D eigenvalue weighted by Gasteiger charge is -2.32. The molecule has 0 radical (unpaired) electrons. The van der Waals surface area contributed by atoms with Gasteiger partial charge >= 0.3 is 11.9 Å². The number of amides is 1. The topological polar surface area (TPSA) is 120 Å². The maximum absolute atomic E-state index is 13.0. The molecular weight excluding hydrogens is 476 g/mol. The SMILES string of the molecule is COC(=O)c1ccc(C(=O)OC)c(NC(=O)C2CCN(c3ccc(-c4ccc(OC)cc4)nn3)CC2)c1. The van der Waals surface area contributed by atoms with Crippen LogP contribution in [0.4, 0.5) is 11.5 Å². The van der Waals surface area contributed by atoms with Gasteiger partial charge < -0.3 is 24.4 Å². The zero-order valence-corrected chi connectivity index (χ0v) is 20.9. The third-order valence-electron chi connectivity index (χ3n) is 6.33. The smallest absolute Gasteiger partial charge is 0.339 e. The van der Waals surface area contributed by atoms with E-state index < -0.39 is 11.9 Å². The van der Waals surface area contributed by atoms with E-state index in [-0.39, 0.29) is 28.6 Å². The van der Waals surface area contributed by atoms with Crippen LogP contribution < -0.4 is 15.0 Å². The number of carbonyl (C=O) groups excluding carboxylic acids is 3. The van der Waals surface area contributed by atoms with Crippen molar-refractivity contribution in [2.45, 2.75) is 12.8 Å². The van der Waals surface area contributed by atoms with Gasteiger partial charge in [-0.15, -0.1) is 10.2 Å². The molecule has 1 saturated heterocycles. The second kappa shape index (κ2) is 11.5.